The topological polar surface area (TPSA) is 127 Å². The highest BCUT2D eigenvalue weighted by atomic mass is 16.6. The summed E-state index contributed by atoms with van der Waals surface area (Å²) in [6.07, 6.45) is -2.88. The van der Waals surface area contributed by atoms with Crippen LogP contribution in [0.4, 0.5) is 0 Å². The van der Waals surface area contributed by atoms with Crippen LogP contribution in [0.15, 0.2) is 9.98 Å². The second kappa shape index (κ2) is 4.48. The summed E-state index contributed by atoms with van der Waals surface area (Å²) >= 11 is 0. The van der Waals surface area contributed by atoms with Crippen molar-refractivity contribution in [3.63, 3.8) is 0 Å². The fraction of sp³-hybridized carbons (Fsp3) is 0.727. The summed E-state index contributed by atoms with van der Waals surface area (Å²) in [6.45, 7) is 1.32. The lowest BCUT2D eigenvalue weighted by Gasteiger charge is -2.32. The molecule has 3 aliphatic rings. The van der Waals surface area contributed by atoms with Gasteiger partial charge in [0.15, 0.2) is 11.8 Å². The van der Waals surface area contributed by atoms with Crippen LogP contribution in [-0.2, 0) is 9.53 Å². The Balaban J connectivity index is 1.88. The normalized spacial score (nSPS) is 43.5. The molecule has 3 aliphatic heterocycles. The zero-order valence-electron chi connectivity index (χ0n) is 10.8. The van der Waals surface area contributed by atoms with Gasteiger partial charge < -0.3 is 25.4 Å². The predicted octanol–water partition coefficient (Wildman–Crippen LogP) is -2.99. The molecule has 3 rings (SSSR count). The molecule has 0 aromatic rings. The van der Waals surface area contributed by atoms with Crippen molar-refractivity contribution in [2.24, 2.45) is 9.98 Å². The van der Waals surface area contributed by atoms with Gasteiger partial charge >= 0.3 is 0 Å². The summed E-state index contributed by atoms with van der Waals surface area (Å²) in [5, 5.41) is 31.5. The number of hydrogen-bond acceptors (Lipinski definition) is 8. The number of fused-ring (bicyclic) bond motifs is 1. The predicted molar refractivity (Wildman–Crippen MR) is 66.9 cm³/mol. The van der Waals surface area contributed by atoms with E-state index >= 15 is 0 Å². The molecule has 1 unspecified atom stereocenters. The van der Waals surface area contributed by atoms with E-state index in [1.807, 2.05) is 0 Å². The Bertz CT molecular complexity index is 495. The molecule has 0 radical (unpaired) electrons. The third kappa shape index (κ3) is 1.67. The van der Waals surface area contributed by atoms with E-state index in [0.29, 0.717) is 5.84 Å². The minimum Gasteiger partial charge on any atom is -0.394 e. The Hall–Kier alpha value is -1.55. The zero-order valence-corrected chi connectivity index (χ0v) is 10.8. The number of carbonyl (C=O) groups excluding carboxylic acids is 1. The van der Waals surface area contributed by atoms with E-state index in [2.05, 4.69) is 15.3 Å². The molecule has 1 fully saturated rings. The number of amidine groups is 1. The molecule has 9 nitrogen and oxygen atoms in total. The molecular formula is C11H16N4O5. The summed E-state index contributed by atoms with van der Waals surface area (Å²) in [7, 11) is 0. The van der Waals surface area contributed by atoms with Crippen molar-refractivity contribution in [2.45, 2.75) is 37.0 Å². The molecule has 1 saturated heterocycles. The molecule has 3 heterocycles. The first kappa shape index (κ1) is 13.4. The van der Waals surface area contributed by atoms with Crippen molar-refractivity contribution in [3.8, 4) is 0 Å². The van der Waals surface area contributed by atoms with Gasteiger partial charge in [0.25, 0.3) is 5.91 Å². The molecule has 9 heteroatoms. The van der Waals surface area contributed by atoms with Gasteiger partial charge in [0.1, 0.15) is 30.8 Å². The minimum absolute atomic E-state index is 0.123. The second-order valence-electron chi connectivity index (χ2n) is 5.10. The van der Waals surface area contributed by atoms with Gasteiger partial charge in [-0.25, -0.2) is 4.99 Å². The molecule has 5 atom stereocenters. The van der Waals surface area contributed by atoms with Gasteiger partial charge in [0.05, 0.1) is 12.9 Å². The van der Waals surface area contributed by atoms with E-state index < -0.39 is 36.7 Å². The van der Waals surface area contributed by atoms with Crippen molar-refractivity contribution < 1.29 is 24.9 Å². The number of nitrogens with zero attached hydrogens (tertiary/aromatic N) is 3. The number of ether oxygens (including phenoxy) is 1. The number of aliphatic hydroxyl groups is 3. The number of nitrogens with one attached hydrogen (secondary N) is 1. The van der Waals surface area contributed by atoms with Crippen LogP contribution in [0.25, 0.3) is 0 Å². The Kier molecular flexibility index (Phi) is 3.01. The molecule has 0 saturated carbocycles. The quantitative estimate of drug-likeness (QED) is 0.428. The van der Waals surface area contributed by atoms with E-state index in [0.717, 1.165) is 0 Å². The first-order valence-electron chi connectivity index (χ1n) is 6.28. The number of aliphatic hydroxyl groups excluding tert-OH is 3. The van der Waals surface area contributed by atoms with Crippen LogP contribution < -0.4 is 5.32 Å². The third-order valence-corrected chi connectivity index (χ3v) is 3.82. The van der Waals surface area contributed by atoms with E-state index in [1.165, 1.54) is 11.2 Å². The summed E-state index contributed by atoms with van der Waals surface area (Å²) < 4.78 is 5.42. The van der Waals surface area contributed by atoms with Gasteiger partial charge in [-0.15, -0.1) is 0 Å². The van der Waals surface area contributed by atoms with Gasteiger partial charge in [-0.05, 0) is 6.92 Å². The number of hydrogen-bond donors (Lipinski definition) is 4. The third-order valence-electron chi connectivity index (χ3n) is 3.82. The molecule has 0 aliphatic carbocycles. The van der Waals surface area contributed by atoms with Crippen LogP contribution in [0.5, 0.6) is 0 Å². The standard InChI is InChI=1S/C11H16N4O5/c1-11-9(12-3-13-10(11)19)15(4-14-11)8-7(18)6(17)5(2-16)20-8/h4-8,16-18H,2-3H2,1H3,(H,13,19)/t5-,6-,7-,8-,11?/m1/s1. The summed E-state index contributed by atoms with van der Waals surface area (Å²) in [5.74, 6) is 0.0732. The maximum atomic E-state index is 11.9. The van der Waals surface area contributed by atoms with Crippen molar-refractivity contribution in [3.05, 3.63) is 0 Å². The second-order valence-corrected chi connectivity index (χ2v) is 5.10. The first-order valence-corrected chi connectivity index (χ1v) is 6.28. The van der Waals surface area contributed by atoms with E-state index in [4.69, 9.17) is 9.84 Å². The van der Waals surface area contributed by atoms with Gasteiger partial charge in [0.2, 0.25) is 0 Å². The Labute approximate surface area is 114 Å². The van der Waals surface area contributed by atoms with Gasteiger partial charge in [0, 0.05) is 0 Å². The molecule has 0 aromatic heterocycles. The van der Waals surface area contributed by atoms with Gasteiger partial charge in [-0.2, -0.15) is 0 Å². The number of carbonyl (C=O) groups is 1. The zero-order chi connectivity index (χ0) is 14.5. The van der Waals surface area contributed by atoms with Crippen molar-refractivity contribution >= 4 is 18.1 Å². The van der Waals surface area contributed by atoms with E-state index in [-0.39, 0.29) is 12.6 Å². The Morgan fingerprint density at radius 2 is 2.30 bits per heavy atom. The average molecular weight is 284 g/mol. The SMILES string of the molecule is CC12N=CN([C@@H]3O[C@H](CO)[C@@H](O)[C@H]3O)C1=NCNC2=O. The highest BCUT2D eigenvalue weighted by Gasteiger charge is 2.53. The molecule has 20 heavy (non-hydrogen) atoms. The lowest BCUT2D eigenvalue weighted by Crippen LogP contribution is -2.57. The Morgan fingerprint density at radius 1 is 1.55 bits per heavy atom. The van der Waals surface area contributed by atoms with Crippen LogP contribution in [0.3, 0.4) is 0 Å². The van der Waals surface area contributed by atoms with Crippen LogP contribution in [0.1, 0.15) is 6.92 Å². The van der Waals surface area contributed by atoms with Crippen LogP contribution in [-0.4, -0.2) is 81.7 Å². The largest absolute Gasteiger partial charge is 0.394 e. The molecular weight excluding hydrogens is 268 g/mol. The average Bonchev–Trinajstić information content (AvgIpc) is 2.91. The van der Waals surface area contributed by atoms with Crippen LogP contribution >= 0.6 is 0 Å². The van der Waals surface area contributed by atoms with Gasteiger partial charge in [-0.3, -0.25) is 14.7 Å². The van der Waals surface area contributed by atoms with E-state index in [9.17, 15) is 15.0 Å². The highest BCUT2D eigenvalue weighted by Crippen LogP contribution is 2.30. The van der Waals surface area contributed by atoms with Gasteiger partial charge in [-0.1, -0.05) is 0 Å². The fourth-order valence-electron chi connectivity index (χ4n) is 2.59. The maximum Gasteiger partial charge on any atom is 0.256 e. The number of aliphatic imine (C=N–C) groups is 2. The molecule has 0 spiro atoms. The summed E-state index contributed by atoms with van der Waals surface area (Å²) in [4.78, 5) is 21.7. The lowest BCUT2D eigenvalue weighted by molar-refractivity contribution is -0.124. The molecule has 0 aromatic carbocycles. The van der Waals surface area contributed by atoms with Crippen LogP contribution in [0.2, 0.25) is 0 Å². The smallest absolute Gasteiger partial charge is 0.256 e. The molecule has 0 bridgehead atoms. The number of amides is 1. The monoisotopic (exact) mass is 284 g/mol. The van der Waals surface area contributed by atoms with Crippen LogP contribution in [0, 0.1) is 0 Å². The fourth-order valence-corrected chi connectivity index (χ4v) is 2.59. The molecule has 4 N–H and O–H groups in total. The minimum atomic E-state index is -1.23. The summed E-state index contributed by atoms with van der Waals surface area (Å²) in [6, 6.07) is 0. The van der Waals surface area contributed by atoms with E-state index in [1.54, 1.807) is 6.92 Å². The van der Waals surface area contributed by atoms with Crippen molar-refractivity contribution in [1.29, 1.82) is 0 Å². The maximum absolute atomic E-state index is 11.9. The lowest BCUT2D eigenvalue weighted by atomic mass is 9.99. The summed E-state index contributed by atoms with van der Waals surface area (Å²) in [5.41, 5.74) is -1.15. The Morgan fingerprint density at radius 3 is 2.95 bits per heavy atom. The first-order chi connectivity index (χ1) is 9.49. The molecule has 110 valence electrons. The molecule has 1 amide bonds. The van der Waals surface area contributed by atoms with Crippen molar-refractivity contribution in [1.82, 2.24) is 10.2 Å². The highest BCUT2D eigenvalue weighted by molar-refractivity contribution is 6.19. The van der Waals surface area contributed by atoms with Crippen molar-refractivity contribution in [2.75, 3.05) is 13.3 Å². The number of rotatable bonds is 2.